The van der Waals surface area contributed by atoms with E-state index in [0.717, 1.165) is 21.5 Å². The molecular weight excluding hydrogens is 358 g/mol. The van der Waals surface area contributed by atoms with E-state index in [2.05, 4.69) is 0 Å². The van der Waals surface area contributed by atoms with Crippen molar-refractivity contribution in [1.29, 1.82) is 0 Å². The first kappa shape index (κ1) is 10.7. The lowest BCUT2D eigenvalue weighted by Gasteiger charge is -2.10. The van der Waals surface area contributed by atoms with E-state index in [0.29, 0.717) is 0 Å². The van der Waals surface area contributed by atoms with Crippen LogP contribution in [0.2, 0.25) is 10.0 Å². The fourth-order valence-corrected chi connectivity index (χ4v) is 4.92. The van der Waals surface area contributed by atoms with Gasteiger partial charge in [-0.2, -0.15) is 0 Å². The second-order valence-corrected chi connectivity index (χ2v) is 7.08. The molecule has 3 rings (SSSR count). The molecule has 0 atom stereocenters. The average molecular weight is 364 g/mol. The Morgan fingerprint density at radius 1 is 0.812 bits per heavy atom. The molecule has 2 aromatic rings. The first-order chi connectivity index (χ1) is 7.72. The second-order valence-electron chi connectivity index (χ2n) is 3.35. The Morgan fingerprint density at radius 2 is 1.31 bits per heavy atom. The highest BCUT2D eigenvalue weighted by molar-refractivity contribution is 6.30. The van der Waals surface area contributed by atoms with Gasteiger partial charge >= 0.3 is 21.2 Å². The van der Waals surface area contributed by atoms with Gasteiger partial charge in [-0.15, -0.1) is 0 Å². The number of halogens is 3. The van der Waals surface area contributed by atoms with Gasteiger partial charge in [-0.1, -0.05) is 23.2 Å². The third-order valence-corrected chi connectivity index (χ3v) is 5.53. The Morgan fingerprint density at radius 3 is 1.81 bits per heavy atom. The molecule has 0 unspecified atom stereocenters. The van der Waals surface area contributed by atoms with Crippen molar-refractivity contribution >= 4 is 23.2 Å². The summed E-state index contributed by atoms with van der Waals surface area (Å²) in [6, 6.07) is 11.5. The average Bonchev–Trinajstić information content (AvgIpc) is 2.26. The van der Waals surface area contributed by atoms with Crippen LogP contribution < -0.4 is 25.9 Å². The summed E-state index contributed by atoms with van der Waals surface area (Å²) in [5.41, 5.74) is 0. The van der Waals surface area contributed by atoms with E-state index in [-0.39, 0.29) is 21.2 Å². The molecule has 16 heavy (non-hydrogen) atoms. The van der Waals surface area contributed by atoms with Gasteiger partial charge in [0, 0.05) is 22.2 Å². The molecule has 2 aromatic carbocycles. The lowest BCUT2D eigenvalue weighted by molar-refractivity contribution is -0.602. The third kappa shape index (κ3) is 1.90. The van der Waals surface area contributed by atoms with E-state index in [4.69, 9.17) is 27.9 Å². The summed E-state index contributed by atoms with van der Waals surface area (Å²) < 4.78 is 8.22. The molecule has 0 saturated carbocycles. The number of rotatable bonds is 0. The Kier molecular flexibility index (Phi) is 2.73. The quantitative estimate of drug-likeness (QED) is 0.546. The topological polar surface area (TPSA) is 9.23 Å². The summed E-state index contributed by atoms with van der Waals surface area (Å²) in [5.74, 6) is 1.85. The predicted molar refractivity (Wildman–Crippen MR) is 60.4 cm³/mol. The normalized spacial score (nSPS) is 12.6. The Balaban J connectivity index is 2.10. The van der Waals surface area contributed by atoms with Gasteiger partial charge in [0.1, 0.15) is 0 Å². The zero-order valence-corrected chi connectivity index (χ0v) is 11.7. The molecule has 0 amide bonds. The Hall–Kier alpha value is -0.450. The van der Waals surface area contributed by atoms with Gasteiger partial charge in [0.05, 0.1) is 0 Å². The molecule has 80 valence electrons. The molecule has 0 aliphatic carbocycles. The van der Waals surface area contributed by atoms with E-state index in [9.17, 15) is 0 Å². The second kappa shape index (κ2) is 4.09. The van der Waals surface area contributed by atoms with Crippen LogP contribution in [0.25, 0.3) is 0 Å². The van der Waals surface area contributed by atoms with E-state index in [1.807, 2.05) is 36.4 Å². The maximum absolute atomic E-state index is 5.97. The van der Waals surface area contributed by atoms with E-state index < -0.39 is 0 Å². The minimum Gasteiger partial charge on any atom is -0.448 e. The van der Waals surface area contributed by atoms with Crippen LogP contribution in [-0.4, -0.2) is 0 Å². The molecule has 1 aliphatic rings. The van der Waals surface area contributed by atoms with Crippen LogP contribution in [0.3, 0.4) is 0 Å². The van der Waals surface area contributed by atoms with Crippen LogP contribution in [0.5, 0.6) is 11.5 Å². The van der Waals surface area contributed by atoms with Gasteiger partial charge < -0.3 is 4.74 Å². The van der Waals surface area contributed by atoms with Crippen LogP contribution in [-0.2, 0) is 0 Å². The van der Waals surface area contributed by atoms with Gasteiger partial charge in [0.25, 0.3) is 0 Å². The smallest absolute Gasteiger partial charge is 0.366 e. The summed E-state index contributed by atoms with van der Waals surface area (Å²) in [6.45, 7) is 0. The van der Waals surface area contributed by atoms with Crippen molar-refractivity contribution in [3.63, 3.8) is 0 Å². The molecular formula is C12H6Cl2IO+. The highest BCUT2D eigenvalue weighted by atomic mass is 127. The van der Waals surface area contributed by atoms with Gasteiger partial charge in [-0.3, -0.25) is 0 Å². The van der Waals surface area contributed by atoms with Crippen molar-refractivity contribution in [2.75, 3.05) is 0 Å². The van der Waals surface area contributed by atoms with Crippen LogP contribution in [0.1, 0.15) is 0 Å². The third-order valence-electron chi connectivity index (χ3n) is 2.21. The fourth-order valence-electron chi connectivity index (χ4n) is 1.49. The highest BCUT2D eigenvalue weighted by Gasteiger charge is 2.31. The summed E-state index contributed by atoms with van der Waals surface area (Å²) in [5, 5.41) is 1.51. The van der Waals surface area contributed by atoms with E-state index >= 15 is 0 Å². The zero-order valence-electron chi connectivity index (χ0n) is 8.01. The molecule has 1 nitrogen and oxygen atoms in total. The van der Waals surface area contributed by atoms with Crippen molar-refractivity contribution in [1.82, 2.24) is 0 Å². The molecule has 0 spiro atoms. The number of hydrogen-bond donors (Lipinski definition) is 0. The summed E-state index contributed by atoms with van der Waals surface area (Å²) in [7, 11) is 0. The number of benzene rings is 2. The van der Waals surface area contributed by atoms with Gasteiger partial charge in [-0.25, -0.2) is 0 Å². The lowest BCUT2D eigenvalue weighted by atomic mass is 10.3. The lowest BCUT2D eigenvalue weighted by Crippen LogP contribution is -3.61. The number of fused-ring (bicyclic) bond motifs is 2. The van der Waals surface area contributed by atoms with E-state index in [1.54, 1.807) is 0 Å². The highest BCUT2D eigenvalue weighted by Crippen LogP contribution is 2.27. The van der Waals surface area contributed by atoms with Crippen LogP contribution in [0.15, 0.2) is 36.4 Å². The molecule has 0 fully saturated rings. The molecule has 4 heteroatoms. The van der Waals surface area contributed by atoms with Crippen molar-refractivity contribution in [3.8, 4) is 11.5 Å². The minimum absolute atomic E-state index is 0.252. The van der Waals surface area contributed by atoms with Crippen LogP contribution >= 0.6 is 23.2 Å². The fraction of sp³-hybridized carbons (Fsp3) is 0. The van der Waals surface area contributed by atoms with Crippen LogP contribution in [0, 0.1) is 7.14 Å². The number of ether oxygens (including phenoxy) is 1. The predicted octanol–water partition coefficient (Wildman–Crippen LogP) is 1.23. The Bertz CT molecular complexity index is 519. The molecule has 0 radical (unpaired) electrons. The van der Waals surface area contributed by atoms with Crippen molar-refractivity contribution in [3.05, 3.63) is 53.6 Å². The Labute approximate surface area is 114 Å². The van der Waals surface area contributed by atoms with Gasteiger partial charge in [-0.05, 0) is 24.3 Å². The minimum atomic E-state index is -0.252. The first-order valence-corrected chi connectivity index (χ1v) is 7.55. The maximum Gasteiger partial charge on any atom is 0.366 e. The molecule has 1 heterocycles. The van der Waals surface area contributed by atoms with Crippen LogP contribution in [0.4, 0.5) is 0 Å². The van der Waals surface area contributed by atoms with Crippen molar-refractivity contribution in [2.45, 2.75) is 0 Å². The monoisotopic (exact) mass is 363 g/mol. The molecule has 0 bridgehead atoms. The molecule has 1 aliphatic heterocycles. The standard InChI is InChI=1S/C12H6Cl2IO/c13-7-1-3-11-9(5-7)15-10-6-8(14)2-4-12(10)16-11/h1-6H/q+1. The molecule has 0 N–H and O–H groups in total. The van der Waals surface area contributed by atoms with Gasteiger partial charge in [0.15, 0.2) is 11.5 Å². The van der Waals surface area contributed by atoms with E-state index in [1.165, 1.54) is 7.14 Å². The summed E-state index contributed by atoms with van der Waals surface area (Å²) >= 11 is 11.7. The summed E-state index contributed by atoms with van der Waals surface area (Å²) in [4.78, 5) is 0. The summed E-state index contributed by atoms with van der Waals surface area (Å²) in [6.07, 6.45) is 0. The largest absolute Gasteiger partial charge is 0.448 e. The molecule has 0 saturated heterocycles. The maximum atomic E-state index is 5.97. The molecule has 0 aromatic heterocycles. The van der Waals surface area contributed by atoms with Crippen molar-refractivity contribution in [2.24, 2.45) is 0 Å². The number of hydrogen-bond acceptors (Lipinski definition) is 1. The zero-order chi connectivity index (χ0) is 11.1. The SMILES string of the molecule is Clc1ccc2c(c1)[I+]c1cc(Cl)ccc1O2. The first-order valence-electron chi connectivity index (χ1n) is 4.64. The van der Waals surface area contributed by atoms with Crippen molar-refractivity contribution < 1.29 is 25.9 Å². The van der Waals surface area contributed by atoms with Gasteiger partial charge in [0.2, 0.25) is 7.14 Å².